The molecule has 2 amide bonds. The standard InChI is InChI=1S/C20H24N2O2/c1-14-6-5-7-18(13-14)22(17(4)23)11-10-20(24)21-19-9-8-15(2)12-16(19)3/h5-9,12-13H,10-11H2,1-4H3,(H,21,24). The van der Waals surface area contributed by atoms with Crippen LogP contribution in [-0.4, -0.2) is 18.4 Å². The van der Waals surface area contributed by atoms with Crippen molar-refractivity contribution in [2.24, 2.45) is 0 Å². The minimum Gasteiger partial charge on any atom is -0.326 e. The third-order valence-corrected chi connectivity index (χ3v) is 3.91. The second-order valence-electron chi connectivity index (χ2n) is 6.13. The summed E-state index contributed by atoms with van der Waals surface area (Å²) in [4.78, 5) is 25.8. The third kappa shape index (κ3) is 4.69. The Hall–Kier alpha value is -2.62. The van der Waals surface area contributed by atoms with E-state index in [0.717, 1.165) is 28.1 Å². The van der Waals surface area contributed by atoms with Gasteiger partial charge in [-0.15, -0.1) is 0 Å². The van der Waals surface area contributed by atoms with Gasteiger partial charge >= 0.3 is 0 Å². The van der Waals surface area contributed by atoms with Crippen LogP contribution in [0.3, 0.4) is 0 Å². The Morgan fingerprint density at radius 3 is 2.33 bits per heavy atom. The highest BCUT2D eigenvalue weighted by Gasteiger charge is 2.14. The van der Waals surface area contributed by atoms with E-state index in [1.54, 1.807) is 4.90 Å². The average Bonchev–Trinajstić information content (AvgIpc) is 2.50. The van der Waals surface area contributed by atoms with E-state index >= 15 is 0 Å². The summed E-state index contributed by atoms with van der Waals surface area (Å²) < 4.78 is 0. The van der Waals surface area contributed by atoms with E-state index in [-0.39, 0.29) is 18.2 Å². The first-order valence-corrected chi connectivity index (χ1v) is 8.08. The highest BCUT2D eigenvalue weighted by Crippen LogP contribution is 2.18. The van der Waals surface area contributed by atoms with Gasteiger partial charge in [0.25, 0.3) is 0 Å². The molecular weight excluding hydrogens is 300 g/mol. The second-order valence-corrected chi connectivity index (χ2v) is 6.13. The SMILES string of the molecule is CC(=O)N(CCC(=O)Nc1ccc(C)cc1C)c1cccc(C)c1. The Morgan fingerprint density at radius 2 is 1.71 bits per heavy atom. The molecule has 0 fully saturated rings. The van der Waals surface area contributed by atoms with Crippen LogP contribution in [0.2, 0.25) is 0 Å². The predicted octanol–water partition coefficient (Wildman–Crippen LogP) is 3.99. The number of hydrogen-bond acceptors (Lipinski definition) is 2. The molecule has 4 nitrogen and oxygen atoms in total. The number of nitrogens with one attached hydrogen (secondary N) is 1. The number of carbonyl (C=O) groups is 2. The number of rotatable bonds is 5. The number of carbonyl (C=O) groups excluding carboxylic acids is 2. The van der Waals surface area contributed by atoms with Gasteiger partial charge in [-0.25, -0.2) is 0 Å². The maximum absolute atomic E-state index is 12.2. The van der Waals surface area contributed by atoms with Crippen molar-refractivity contribution < 1.29 is 9.59 Å². The Kier molecular flexibility index (Phi) is 5.74. The Balaban J connectivity index is 2.01. The van der Waals surface area contributed by atoms with Crippen LogP contribution in [0, 0.1) is 20.8 Å². The quantitative estimate of drug-likeness (QED) is 0.904. The molecule has 0 aromatic heterocycles. The smallest absolute Gasteiger partial charge is 0.226 e. The van der Waals surface area contributed by atoms with E-state index in [4.69, 9.17) is 0 Å². The number of anilines is 2. The zero-order valence-corrected chi connectivity index (χ0v) is 14.7. The molecule has 0 aliphatic rings. The van der Waals surface area contributed by atoms with Crippen LogP contribution in [0.5, 0.6) is 0 Å². The van der Waals surface area contributed by atoms with Crippen LogP contribution in [0.25, 0.3) is 0 Å². The van der Waals surface area contributed by atoms with Crippen LogP contribution in [-0.2, 0) is 9.59 Å². The lowest BCUT2D eigenvalue weighted by molar-refractivity contribution is -0.117. The van der Waals surface area contributed by atoms with Crippen LogP contribution < -0.4 is 10.2 Å². The first kappa shape index (κ1) is 17.7. The molecule has 1 N–H and O–H groups in total. The van der Waals surface area contributed by atoms with E-state index in [9.17, 15) is 9.59 Å². The van der Waals surface area contributed by atoms with Crippen molar-refractivity contribution in [3.05, 3.63) is 59.2 Å². The monoisotopic (exact) mass is 324 g/mol. The topological polar surface area (TPSA) is 49.4 Å². The summed E-state index contributed by atoms with van der Waals surface area (Å²) in [5.74, 6) is -0.166. The van der Waals surface area contributed by atoms with E-state index in [1.807, 2.05) is 63.2 Å². The molecule has 0 saturated heterocycles. The van der Waals surface area contributed by atoms with Gasteiger partial charge in [0.05, 0.1) is 0 Å². The van der Waals surface area contributed by atoms with E-state index < -0.39 is 0 Å². The molecule has 24 heavy (non-hydrogen) atoms. The number of benzene rings is 2. The highest BCUT2D eigenvalue weighted by molar-refractivity contribution is 5.95. The van der Waals surface area contributed by atoms with Crippen molar-refractivity contribution in [3.8, 4) is 0 Å². The molecule has 0 radical (unpaired) electrons. The third-order valence-electron chi connectivity index (χ3n) is 3.91. The van der Waals surface area contributed by atoms with Gasteiger partial charge in [-0.3, -0.25) is 9.59 Å². The summed E-state index contributed by atoms with van der Waals surface area (Å²) in [7, 11) is 0. The van der Waals surface area contributed by atoms with Crippen LogP contribution in [0.1, 0.15) is 30.0 Å². The van der Waals surface area contributed by atoms with Gasteiger partial charge in [0, 0.05) is 31.3 Å². The molecule has 2 aromatic rings. The van der Waals surface area contributed by atoms with Crippen molar-refractivity contribution >= 4 is 23.2 Å². The lowest BCUT2D eigenvalue weighted by Gasteiger charge is -2.21. The average molecular weight is 324 g/mol. The molecule has 126 valence electrons. The van der Waals surface area contributed by atoms with Gasteiger partial charge in [0.15, 0.2) is 0 Å². The lowest BCUT2D eigenvalue weighted by Crippen LogP contribution is -2.32. The van der Waals surface area contributed by atoms with Gasteiger partial charge < -0.3 is 10.2 Å². The van der Waals surface area contributed by atoms with E-state index in [1.165, 1.54) is 6.92 Å². The van der Waals surface area contributed by atoms with Gasteiger partial charge in [-0.05, 0) is 50.1 Å². The molecule has 4 heteroatoms. The Bertz CT molecular complexity index is 753. The van der Waals surface area contributed by atoms with Gasteiger partial charge in [0.1, 0.15) is 0 Å². The number of hydrogen-bond donors (Lipinski definition) is 1. The summed E-state index contributed by atoms with van der Waals surface area (Å²) >= 11 is 0. The largest absolute Gasteiger partial charge is 0.326 e. The van der Waals surface area contributed by atoms with Crippen molar-refractivity contribution in [1.29, 1.82) is 0 Å². The molecular formula is C20H24N2O2. The van der Waals surface area contributed by atoms with Crippen LogP contribution in [0.15, 0.2) is 42.5 Å². The maximum Gasteiger partial charge on any atom is 0.226 e. The summed E-state index contributed by atoms with van der Waals surface area (Å²) in [6, 6.07) is 13.6. The van der Waals surface area contributed by atoms with E-state index in [0.29, 0.717) is 6.54 Å². The predicted molar refractivity (Wildman–Crippen MR) is 98.4 cm³/mol. The van der Waals surface area contributed by atoms with Crippen molar-refractivity contribution in [2.75, 3.05) is 16.8 Å². The van der Waals surface area contributed by atoms with Gasteiger partial charge in [-0.1, -0.05) is 29.8 Å². The van der Waals surface area contributed by atoms with Crippen LogP contribution in [0.4, 0.5) is 11.4 Å². The number of amides is 2. The Morgan fingerprint density at radius 1 is 1.00 bits per heavy atom. The molecule has 0 heterocycles. The molecule has 0 aliphatic heterocycles. The first-order valence-electron chi connectivity index (χ1n) is 8.08. The van der Waals surface area contributed by atoms with Gasteiger partial charge in [-0.2, -0.15) is 0 Å². The minimum absolute atomic E-state index is 0.0695. The van der Waals surface area contributed by atoms with Crippen molar-refractivity contribution in [3.63, 3.8) is 0 Å². The summed E-state index contributed by atoms with van der Waals surface area (Å²) in [6.45, 7) is 7.84. The fourth-order valence-electron chi connectivity index (χ4n) is 2.64. The maximum atomic E-state index is 12.2. The number of aryl methyl sites for hydroxylation is 3. The zero-order valence-electron chi connectivity index (χ0n) is 14.7. The number of nitrogens with zero attached hydrogens (tertiary/aromatic N) is 1. The molecule has 0 atom stereocenters. The Labute approximate surface area is 143 Å². The molecule has 0 aliphatic carbocycles. The minimum atomic E-state index is -0.0964. The molecule has 0 unspecified atom stereocenters. The van der Waals surface area contributed by atoms with E-state index in [2.05, 4.69) is 5.32 Å². The highest BCUT2D eigenvalue weighted by atomic mass is 16.2. The second kappa shape index (κ2) is 7.77. The van der Waals surface area contributed by atoms with Crippen molar-refractivity contribution in [2.45, 2.75) is 34.1 Å². The summed E-state index contributed by atoms with van der Waals surface area (Å²) in [5.41, 5.74) is 4.91. The molecule has 2 rings (SSSR count). The lowest BCUT2D eigenvalue weighted by atomic mass is 10.1. The first-order chi connectivity index (χ1) is 11.4. The molecule has 0 bridgehead atoms. The fraction of sp³-hybridized carbons (Fsp3) is 0.300. The normalized spacial score (nSPS) is 10.3. The summed E-state index contributed by atoms with van der Waals surface area (Å²) in [6.07, 6.45) is 0.251. The van der Waals surface area contributed by atoms with Crippen LogP contribution >= 0.6 is 0 Å². The zero-order chi connectivity index (χ0) is 17.7. The fourth-order valence-corrected chi connectivity index (χ4v) is 2.64. The molecule has 0 saturated carbocycles. The molecule has 2 aromatic carbocycles. The van der Waals surface area contributed by atoms with Gasteiger partial charge in [0.2, 0.25) is 11.8 Å². The van der Waals surface area contributed by atoms with Crippen molar-refractivity contribution in [1.82, 2.24) is 0 Å². The summed E-state index contributed by atoms with van der Waals surface area (Å²) in [5, 5.41) is 2.92. The molecule has 0 spiro atoms.